The first-order valence-electron chi connectivity index (χ1n) is 6.14. The molecule has 0 aromatic heterocycles. The number of urea groups is 1. The third-order valence-electron chi connectivity index (χ3n) is 3.37. The van der Waals surface area contributed by atoms with Gasteiger partial charge in [-0.3, -0.25) is 9.69 Å². The van der Waals surface area contributed by atoms with E-state index in [-0.39, 0.29) is 11.6 Å². The maximum Gasteiger partial charge on any atom is 0.325 e. The van der Waals surface area contributed by atoms with Gasteiger partial charge in [0.2, 0.25) is 0 Å². The standard InChI is InChI=1S/C14H14ClFN2O2/c1-3-14(10-4-6-11(16)7-5-10)12(19)18(8-9(2)15)13(20)17-14/h4-7H,2-3,8H2,1H3,(H,17,20). The Labute approximate surface area is 121 Å². The largest absolute Gasteiger partial charge is 0.325 e. The zero-order valence-electron chi connectivity index (χ0n) is 11.0. The zero-order chi connectivity index (χ0) is 14.9. The van der Waals surface area contributed by atoms with Crippen molar-refractivity contribution in [3.63, 3.8) is 0 Å². The summed E-state index contributed by atoms with van der Waals surface area (Å²) in [5.41, 5.74) is -0.626. The number of halogens is 2. The van der Waals surface area contributed by atoms with Crippen LogP contribution < -0.4 is 5.32 Å². The molecule has 1 heterocycles. The number of hydrogen-bond acceptors (Lipinski definition) is 2. The molecular weight excluding hydrogens is 283 g/mol. The summed E-state index contributed by atoms with van der Waals surface area (Å²) in [5.74, 6) is -0.804. The second-order valence-electron chi connectivity index (χ2n) is 4.60. The lowest BCUT2D eigenvalue weighted by molar-refractivity contribution is -0.131. The van der Waals surface area contributed by atoms with Gasteiger partial charge in [-0.2, -0.15) is 0 Å². The predicted octanol–water partition coefficient (Wildman–Crippen LogP) is 2.74. The first-order chi connectivity index (χ1) is 9.40. The Bertz CT molecular complexity index is 573. The van der Waals surface area contributed by atoms with Gasteiger partial charge in [-0.15, -0.1) is 0 Å². The number of rotatable bonds is 4. The molecule has 1 saturated heterocycles. The monoisotopic (exact) mass is 296 g/mol. The van der Waals surface area contributed by atoms with Crippen molar-refractivity contribution in [2.24, 2.45) is 0 Å². The minimum Gasteiger partial charge on any atom is -0.319 e. The molecule has 0 spiro atoms. The Balaban J connectivity index is 2.42. The quantitative estimate of drug-likeness (QED) is 0.869. The Morgan fingerprint density at radius 2 is 2.00 bits per heavy atom. The van der Waals surface area contributed by atoms with E-state index in [1.807, 2.05) is 0 Å². The van der Waals surface area contributed by atoms with Crippen LogP contribution in [0, 0.1) is 5.82 Å². The Hall–Kier alpha value is -1.88. The summed E-state index contributed by atoms with van der Waals surface area (Å²) in [6.07, 6.45) is 0.356. The van der Waals surface area contributed by atoms with Gasteiger partial charge >= 0.3 is 6.03 Å². The number of nitrogens with one attached hydrogen (secondary N) is 1. The molecule has 0 radical (unpaired) electrons. The summed E-state index contributed by atoms with van der Waals surface area (Å²) in [6, 6.07) is 4.99. The van der Waals surface area contributed by atoms with E-state index in [4.69, 9.17) is 11.6 Å². The average Bonchev–Trinajstić information content (AvgIpc) is 2.64. The number of carbonyl (C=O) groups is 2. The lowest BCUT2D eigenvalue weighted by atomic mass is 9.87. The van der Waals surface area contributed by atoms with Gasteiger partial charge in [-0.25, -0.2) is 9.18 Å². The van der Waals surface area contributed by atoms with Crippen LogP contribution in [-0.2, 0) is 10.3 Å². The van der Waals surface area contributed by atoms with Crippen molar-refractivity contribution in [1.82, 2.24) is 10.2 Å². The number of hydrogen-bond donors (Lipinski definition) is 1. The van der Waals surface area contributed by atoms with Crippen molar-refractivity contribution in [2.75, 3.05) is 6.54 Å². The fourth-order valence-corrected chi connectivity index (χ4v) is 2.43. The molecule has 3 amide bonds. The highest BCUT2D eigenvalue weighted by atomic mass is 35.5. The summed E-state index contributed by atoms with van der Waals surface area (Å²) in [4.78, 5) is 25.5. The third kappa shape index (κ3) is 2.29. The highest BCUT2D eigenvalue weighted by Crippen LogP contribution is 2.32. The Kier molecular flexibility index (Phi) is 3.81. The highest BCUT2D eigenvalue weighted by Gasteiger charge is 2.51. The van der Waals surface area contributed by atoms with E-state index in [2.05, 4.69) is 11.9 Å². The molecule has 1 atom stereocenters. The lowest BCUT2D eigenvalue weighted by Gasteiger charge is -2.25. The number of benzene rings is 1. The van der Waals surface area contributed by atoms with Crippen LogP contribution in [-0.4, -0.2) is 23.4 Å². The van der Waals surface area contributed by atoms with E-state index in [1.165, 1.54) is 24.3 Å². The van der Waals surface area contributed by atoms with Gasteiger partial charge in [0.1, 0.15) is 11.4 Å². The van der Waals surface area contributed by atoms with Gasteiger partial charge in [0.05, 0.1) is 6.54 Å². The SMILES string of the molecule is C=C(Cl)CN1C(=O)NC(CC)(c2ccc(F)cc2)C1=O. The van der Waals surface area contributed by atoms with Gasteiger partial charge < -0.3 is 5.32 Å². The normalized spacial score (nSPS) is 22.1. The molecule has 0 saturated carbocycles. The van der Waals surface area contributed by atoms with E-state index in [1.54, 1.807) is 6.92 Å². The number of carbonyl (C=O) groups excluding carboxylic acids is 2. The van der Waals surface area contributed by atoms with Crippen molar-refractivity contribution < 1.29 is 14.0 Å². The highest BCUT2D eigenvalue weighted by molar-refractivity contribution is 6.30. The van der Waals surface area contributed by atoms with E-state index >= 15 is 0 Å². The van der Waals surface area contributed by atoms with Gasteiger partial charge in [0.25, 0.3) is 5.91 Å². The molecular formula is C14H14ClFN2O2. The second kappa shape index (κ2) is 5.25. The smallest absolute Gasteiger partial charge is 0.319 e. The summed E-state index contributed by atoms with van der Waals surface area (Å²) in [6.45, 7) is 5.22. The van der Waals surface area contributed by atoms with Crippen LogP contribution >= 0.6 is 11.6 Å². The fraction of sp³-hybridized carbons (Fsp3) is 0.286. The first kappa shape index (κ1) is 14.5. The van der Waals surface area contributed by atoms with Crippen LogP contribution in [0.5, 0.6) is 0 Å². The van der Waals surface area contributed by atoms with Crippen molar-refractivity contribution in [2.45, 2.75) is 18.9 Å². The minimum atomic E-state index is -1.17. The molecule has 2 rings (SSSR count). The minimum absolute atomic E-state index is 0.0465. The molecule has 0 bridgehead atoms. The molecule has 4 nitrogen and oxygen atoms in total. The fourth-order valence-electron chi connectivity index (χ4n) is 2.32. The van der Waals surface area contributed by atoms with E-state index in [0.29, 0.717) is 12.0 Å². The van der Waals surface area contributed by atoms with E-state index in [9.17, 15) is 14.0 Å². The topological polar surface area (TPSA) is 49.4 Å². The molecule has 1 aliphatic rings. The summed E-state index contributed by atoms with van der Waals surface area (Å²) >= 11 is 5.67. The molecule has 1 N–H and O–H groups in total. The van der Waals surface area contributed by atoms with Gasteiger partial charge in [-0.05, 0) is 24.1 Å². The van der Waals surface area contributed by atoms with Gasteiger partial charge in [-0.1, -0.05) is 37.2 Å². The Morgan fingerprint density at radius 1 is 1.40 bits per heavy atom. The van der Waals surface area contributed by atoms with Gasteiger partial charge in [0, 0.05) is 5.03 Å². The summed E-state index contributed by atoms with van der Waals surface area (Å²) in [7, 11) is 0. The van der Waals surface area contributed by atoms with Crippen LogP contribution in [0.3, 0.4) is 0 Å². The average molecular weight is 297 g/mol. The second-order valence-corrected chi connectivity index (χ2v) is 5.14. The molecule has 6 heteroatoms. The maximum atomic E-state index is 13.0. The summed E-state index contributed by atoms with van der Waals surface area (Å²) < 4.78 is 13.0. The van der Waals surface area contributed by atoms with Crippen molar-refractivity contribution in [1.29, 1.82) is 0 Å². The Morgan fingerprint density at radius 3 is 2.50 bits per heavy atom. The van der Waals surface area contributed by atoms with Crippen LogP contribution in [0.15, 0.2) is 35.9 Å². The number of imide groups is 1. The molecule has 1 aromatic rings. The molecule has 1 aromatic carbocycles. The maximum absolute atomic E-state index is 13.0. The number of nitrogens with zero attached hydrogens (tertiary/aromatic N) is 1. The molecule has 20 heavy (non-hydrogen) atoms. The lowest BCUT2D eigenvalue weighted by Crippen LogP contribution is -2.43. The predicted molar refractivity (Wildman–Crippen MR) is 73.6 cm³/mol. The zero-order valence-corrected chi connectivity index (χ0v) is 11.7. The van der Waals surface area contributed by atoms with Crippen LogP contribution in [0.2, 0.25) is 0 Å². The molecule has 1 unspecified atom stereocenters. The van der Waals surface area contributed by atoms with Crippen molar-refractivity contribution >= 4 is 23.5 Å². The van der Waals surface area contributed by atoms with Crippen molar-refractivity contribution in [3.05, 3.63) is 47.3 Å². The van der Waals surface area contributed by atoms with Crippen LogP contribution in [0.4, 0.5) is 9.18 Å². The van der Waals surface area contributed by atoms with Gasteiger partial charge in [0.15, 0.2) is 0 Å². The number of amides is 3. The van der Waals surface area contributed by atoms with Crippen LogP contribution in [0.1, 0.15) is 18.9 Å². The third-order valence-corrected chi connectivity index (χ3v) is 3.49. The molecule has 1 fully saturated rings. The van der Waals surface area contributed by atoms with Crippen molar-refractivity contribution in [3.8, 4) is 0 Å². The first-order valence-corrected chi connectivity index (χ1v) is 6.52. The van der Waals surface area contributed by atoms with E-state index < -0.39 is 23.3 Å². The summed E-state index contributed by atoms with van der Waals surface area (Å²) in [5, 5.41) is 2.87. The van der Waals surface area contributed by atoms with Crippen LogP contribution in [0.25, 0.3) is 0 Å². The molecule has 106 valence electrons. The molecule has 0 aliphatic carbocycles. The molecule has 1 aliphatic heterocycles. The van der Waals surface area contributed by atoms with E-state index in [0.717, 1.165) is 4.90 Å².